The van der Waals surface area contributed by atoms with E-state index in [1.165, 1.54) is 5.57 Å². The van der Waals surface area contributed by atoms with Crippen LogP contribution in [0.5, 0.6) is 0 Å². The number of hydrogen-bond donors (Lipinski definition) is 0. The molecular weight excluding hydrogens is 192 g/mol. The smallest absolute Gasteiger partial charge is 0.198 e. The first-order chi connectivity index (χ1) is 5.68. The van der Waals surface area contributed by atoms with E-state index in [0.29, 0.717) is 0 Å². The highest BCUT2D eigenvalue weighted by Crippen LogP contribution is 2.17. The lowest BCUT2D eigenvalue weighted by molar-refractivity contribution is 0.570. The average Bonchev–Trinajstić information content (AvgIpc) is 1.81. The van der Waals surface area contributed by atoms with Crippen molar-refractivity contribution in [3.8, 4) is 0 Å². The van der Waals surface area contributed by atoms with Crippen molar-refractivity contribution in [1.82, 2.24) is 0 Å². The number of hydrogen-bond acceptors (Lipinski definition) is 1. The fourth-order valence-corrected chi connectivity index (χ4v) is 8.83. The summed E-state index contributed by atoms with van der Waals surface area (Å²) in [6, 6.07) is 0. The largest absolute Gasteiger partial charge is 0.449 e. The first kappa shape index (κ1) is 12.9. The minimum Gasteiger partial charge on any atom is -0.449 e. The van der Waals surface area contributed by atoms with Gasteiger partial charge in [-0.3, -0.25) is 0 Å². The third-order valence-electron chi connectivity index (χ3n) is 1.65. The van der Waals surface area contributed by atoms with E-state index in [9.17, 15) is 0 Å². The molecule has 0 aromatic rings. The zero-order chi connectivity index (χ0) is 10.7. The molecule has 0 aromatic heterocycles. The molecule has 76 valence electrons. The van der Waals surface area contributed by atoms with Crippen molar-refractivity contribution < 1.29 is 4.12 Å². The molecule has 1 nitrogen and oxygen atoms in total. The molecule has 0 aliphatic heterocycles. The summed E-state index contributed by atoms with van der Waals surface area (Å²) < 4.78 is 6.17. The van der Waals surface area contributed by atoms with Crippen LogP contribution < -0.4 is 0 Å². The van der Waals surface area contributed by atoms with Crippen LogP contribution >= 0.6 is 0 Å². The van der Waals surface area contributed by atoms with Gasteiger partial charge < -0.3 is 4.12 Å². The molecule has 0 aliphatic rings. The van der Waals surface area contributed by atoms with Crippen molar-refractivity contribution in [3.63, 3.8) is 0 Å². The van der Waals surface area contributed by atoms with Gasteiger partial charge in [-0.2, -0.15) is 0 Å². The maximum Gasteiger partial charge on any atom is 0.198 e. The van der Waals surface area contributed by atoms with E-state index in [2.05, 4.69) is 52.3 Å². The summed E-state index contributed by atoms with van der Waals surface area (Å²) in [5.41, 5.74) is 5.65. The van der Waals surface area contributed by atoms with E-state index in [4.69, 9.17) is 4.12 Å². The molecule has 0 atom stereocenters. The standard InChI is InChI=1S/C10H22OSi2/c1-8-12(4,5)11-13(6,7)9-10(2)3/h8-9H,1H2,2-7H3. The van der Waals surface area contributed by atoms with Gasteiger partial charge in [0, 0.05) is 0 Å². The zero-order valence-corrected chi connectivity index (χ0v) is 11.8. The Labute approximate surface area is 84.8 Å². The monoisotopic (exact) mass is 214 g/mol. The van der Waals surface area contributed by atoms with Crippen molar-refractivity contribution >= 4 is 16.6 Å². The molecule has 0 N–H and O–H groups in total. The van der Waals surface area contributed by atoms with Gasteiger partial charge in [0.2, 0.25) is 0 Å². The predicted molar refractivity (Wildman–Crippen MR) is 65.7 cm³/mol. The lowest BCUT2D eigenvalue weighted by Gasteiger charge is -2.29. The van der Waals surface area contributed by atoms with Crippen LogP contribution in [0.3, 0.4) is 0 Å². The molecule has 0 bridgehead atoms. The van der Waals surface area contributed by atoms with E-state index < -0.39 is 16.6 Å². The van der Waals surface area contributed by atoms with Crippen LogP contribution in [0.15, 0.2) is 23.6 Å². The lowest BCUT2D eigenvalue weighted by Crippen LogP contribution is -2.42. The molecule has 0 rings (SSSR count). The Morgan fingerprint density at radius 2 is 1.54 bits per heavy atom. The highest BCUT2D eigenvalue weighted by Gasteiger charge is 2.28. The maximum absolute atomic E-state index is 6.17. The molecule has 0 heterocycles. The molecule has 3 heteroatoms. The Balaban J connectivity index is 4.51. The summed E-state index contributed by atoms with van der Waals surface area (Å²) >= 11 is 0. The summed E-state index contributed by atoms with van der Waals surface area (Å²) in [4.78, 5) is 0. The van der Waals surface area contributed by atoms with Crippen LogP contribution in [0.25, 0.3) is 0 Å². The van der Waals surface area contributed by atoms with Gasteiger partial charge in [-0.1, -0.05) is 17.0 Å². The number of allylic oxidation sites excluding steroid dienone is 1. The van der Waals surface area contributed by atoms with E-state index in [-0.39, 0.29) is 0 Å². The van der Waals surface area contributed by atoms with Crippen molar-refractivity contribution in [2.45, 2.75) is 40.0 Å². The van der Waals surface area contributed by atoms with Gasteiger partial charge in [0.25, 0.3) is 0 Å². The van der Waals surface area contributed by atoms with E-state index in [0.717, 1.165) is 0 Å². The minimum absolute atomic E-state index is 1.35. The predicted octanol–water partition coefficient (Wildman–Crippen LogP) is 3.64. The van der Waals surface area contributed by atoms with Crippen LogP contribution in [-0.4, -0.2) is 16.6 Å². The topological polar surface area (TPSA) is 9.23 Å². The third kappa shape index (κ3) is 6.01. The Bertz CT molecular complexity index is 213. The lowest BCUT2D eigenvalue weighted by atomic mass is 10.4. The summed E-state index contributed by atoms with van der Waals surface area (Å²) in [7, 11) is -3.19. The molecule has 0 aliphatic carbocycles. The number of rotatable bonds is 4. The Morgan fingerprint density at radius 1 is 1.08 bits per heavy atom. The third-order valence-corrected chi connectivity index (χ3v) is 8.12. The van der Waals surface area contributed by atoms with Gasteiger partial charge in [-0.25, -0.2) is 0 Å². The van der Waals surface area contributed by atoms with Gasteiger partial charge in [0.15, 0.2) is 16.6 Å². The van der Waals surface area contributed by atoms with Crippen LogP contribution in [0.4, 0.5) is 0 Å². The van der Waals surface area contributed by atoms with Crippen molar-refractivity contribution in [3.05, 3.63) is 23.6 Å². The molecule has 0 radical (unpaired) electrons. The summed E-state index contributed by atoms with van der Waals surface area (Å²) in [5.74, 6) is 0. The Kier molecular flexibility index (Phi) is 4.35. The molecule has 0 spiro atoms. The zero-order valence-electron chi connectivity index (χ0n) is 9.77. The van der Waals surface area contributed by atoms with E-state index >= 15 is 0 Å². The average molecular weight is 214 g/mol. The quantitative estimate of drug-likeness (QED) is 0.649. The Hall–Kier alpha value is -0.126. The van der Waals surface area contributed by atoms with Crippen LogP contribution in [0, 0.1) is 0 Å². The second-order valence-corrected chi connectivity index (χ2v) is 12.7. The van der Waals surface area contributed by atoms with Crippen molar-refractivity contribution in [2.75, 3.05) is 0 Å². The highest BCUT2D eigenvalue weighted by molar-refractivity contribution is 6.89. The molecule has 0 unspecified atom stereocenters. The first-order valence-corrected chi connectivity index (χ1v) is 10.7. The van der Waals surface area contributed by atoms with Crippen molar-refractivity contribution in [2.24, 2.45) is 0 Å². The molecule has 0 saturated heterocycles. The molecular formula is C10H22OSi2. The van der Waals surface area contributed by atoms with Gasteiger partial charge in [0.05, 0.1) is 0 Å². The van der Waals surface area contributed by atoms with Crippen LogP contribution in [0.1, 0.15) is 13.8 Å². The van der Waals surface area contributed by atoms with Gasteiger partial charge in [0.1, 0.15) is 0 Å². The summed E-state index contributed by atoms with van der Waals surface area (Å²) in [5, 5.41) is 0. The van der Waals surface area contributed by atoms with E-state index in [1.54, 1.807) is 0 Å². The normalized spacial score (nSPS) is 12.5. The highest BCUT2D eigenvalue weighted by atomic mass is 28.4. The van der Waals surface area contributed by atoms with Crippen LogP contribution in [-0.2, 0) is 4.12 Å². The van der Waals surface area contributed by atoms with Crippen molar-refractivity contribution in [1.29, 1.82) is 0 Å². The molecule has 0 saturated carbocycles. The van der Waals surface area contributed by atoms with Crippen LogP contribution in [0.2, 0.25) is 26.2 Å². The first-order valence-electron chi connectivity index (χ1n) is 4.68. The summed E-state index contributed by atoms with van der Waals surface area (Å²) in [6.07, 6.45) is 0. The fraction of sp³-hybridized carbons (Fsp3) is 0.600. The molecule has 13 heavy (non-hydrogen) atoms. The van der Waals surface area contributed by atoms with Gasteiger partial charge in [-0.05, 0) is 40.0 Å². The fourth-order valence-electron chi connectivity index (χ4n) is 1.44. The maximum atomic E-state index is 6.17. The minimum atomic E-state index is -1.60. The SMILES string of the molecule is C=C[Si](C)(C)O[Si](C)(C)C=C(C)C. The Morgan fingerprint density at radius 3 is 1.85 bits per heavy atom. The second-order valence-electron chi connectivity index (χ2n) is 4.73. The van der Waals surface area contributed by atoms with Gasteiger partial charge in [-0.15, -0.1) is 6.58 Å². The molecule has 0 fully saturated rings. The molecule has 0 amide bonds. The molecule has 0 aromatic carbocycles. The van der Waals surface area contributed by atoms with Gasteiger partial charge >= 0.3 is 0 Å². The summed E-state index contributed by atoms with van der Waals surface area (Å²) in [6.45, 7) is 16.9. The second kappa shape index (κ2) is 4.39. The van der Waals surface area contributed by atoms with E-state index in [1.807, 2.05) is 5.70 Å².